The molecule has 2 heterocycles. The van der Waals surface area contributed by atoms with E-state index in [9.17, 15) is 9.18 Å². The smallest absolute Gasteiger partial charge is 0.274 e. The average molecular weight is 377 g/mol. The van der Waals surface area contributed by atoms with Gasteiger partial charge in [0.1, 0.15) is 11.5 Å². The first kappa shape index (κ1) is 17.9. The minimum Gasteiger partial charge on any atom is -0.372 e. The molecule has 2 N–H and O–H groups in total. The van der Waals surface area contributed by atoms with Crippen molar-refractivity contribution < 1.29 is 9.18 Å². The van der Waals surface area contributed by atoms with Crippen LogP contribution in [0.3, 0.4) is 0 Å². The van der Waals surface area contributed by atoms with Gasteiger partial charge in [-0.1, -0.05) is 12.1 Å². The van der Waals surface area contributed by atoms with E-state index < -0.39 is 5.82 Å². The van der Waals surface area contributed by atoms with Crippen molar-refractivity contribution in [1.29, 1.82) is 0 Å². The second-order valence-corrected chi connectivity index (χ2v) is 6.57. The molecule has 3 aromatic rings. The normalized spacial score (nSPS) is 13.4. The second kappa shape index (κ2) is 8.04. The fourth-order valence-corrected chi connectivity index (χ4v) is 3.15. The van der Waals surface area contributed by atoms with Crippen LogP contribution in [0.15, 0.2) is 60.8 Å². The minimum atomic E-state index is -0.418. The number of nitrogens with zero attached hydrogens (tertiary/aromatic N) is 3. The maximum atomic E-state index is 13.8. The van der Waals surface area contributed by atoms with Crippen molar-refractivity contribution in [2.24, 2.45) is 0 Å². The molecule has 1 aromatic heterocycles. The van der Waals surface area contributed by atoms with Crippen molar-refractivity contribution >= 4 is 28.9 Å². The lowest BCUT2D eigenvalue weighted by Crippen LogP contribution is -2.18. The predicted octanol–water partition coefficient (Wildman–Crippen LogP) is 4.21. The summed E-state index contributed by atoms with van der Waals surface area (Å²) in [5.74, 6) is -0.617. The first-order valence-corrected chi connectivity index (χ1v) is 9.20. The van der Waals surface area contributed by atoms with Crippen molar-refractivity contribution in [2.45, 2.75) is 12.8 Å². The highest BCUT2D eigenvalue weighted by atomic mass is 19.1. The van der Waals surface area contributed by atoms with E-state index in [1.165, 1.54) is 31.2 Å². The van der Waals surface area contributed by atoms with Crippen molar-refractivity contribution in [2.75, 3.05) is 28.6 Å². The molecule has 1 saturated heterocycles. The summed E-state index contributed by atoms with van der Waals surface area (Å²) in [4.78, 5) is 23.1. The number of nitrogens with one attached hydrogen (secondary N) is 2. The number of carbonyl (C=O) groups is 1. The number of hydrogen-bond acceptors (Lipinski definition) is 5. The van der Waals surface area contributed by atoms with Crippen LogP contribution in [0.2, 0.25) is 0 Å². The molecule has 7 heteroatoms. The Morgan fingerprint density at radius 1 is 1.00 bits per heavy atom. The summed E-state index contributed by atoms with van der Waals surface area (Å²) in [7, 11) is 0. The van der Waals surface area contributed by atoms with Crippen LogP contribution in [0.4, 0.5) is 27.4 Å². The van der Waals surface area contributed by atoms with Crippen LogP contribution in [0.5, 0.6) is 0 Å². The lowest BCUT2D eigenvalue weighted by atomic mass is 10.2. The fraction of sp³-hybridized carbons (Fsp3) is 0.190. The summed E-state index contributed by atoms with van der Waals surface area (Å²) >= 11 is 0. The zero-order valence-corrected chi connectivity index (χ0v) is 15.2. The Balaban J connectivity index is 1.44. The van der Waals surface area contributed by atoms with Gasteiger partial charge in [-0.05, 0) is 55.3 Å². The molecule has 28 heavy (non-hydrogen) atoms. The molecule has 4 rings (SSSR count). The van der Waals surface area contributed by atoms with E-state index in [1.54, 1.807) is 18.2 Å². The van der Waals surface area contributed by atoms with Crippen LogP contribution in [-0.4, -0.2) is 29.0 Å². The number of amides is 1. The molecule has 1 amide bonds. The number of benzene rings is 2. The molecule has 6 nitrogen and oxygen atoms in total. The van der Waals surface area contributed by atoms with Crippen LogP contribution in [0.25, 0.3) is 0 Å². The van der Waals surface area contributed by atoms with E-state index in [-0.39, 0.29) is 23.2 Å². The van der Waals surface area contributed by atoms with Crippen LogP contribution >= 0.6 is 0 Å². The van der Waals surface area contributed by atoms with Gasteiger partial charge in [0.15, 0.2) is 0 Å². The number of anilines is 4. The van der Waals surface area contributed by atoms with Crippen molar-refractivity contribution in [3.8, 4) is 0 Å². The highest BCUT2D eigenvalue weighted by Gasteiger charge is 2.13. The molecule has 0 aliphatic carbocycles. The number of hydrogen-bond donors (Lipinski definition) is 2. The molecule has 0 saturated carbocycles. The number of aromatic nitrogens is 2. The molecule has 0 radical (unpaired) electrons. The molecule has 1 fully saturated rings. The van der Waals surface area contributed by atoms with Gasteiger partial charge in [-0.2, -0.15) is 0 Å². The van der Waals surface area contributed by atoms with Crippen LogP contribution < -0.4 is 15.5 Å². The van der Waals surface area contributed by atoms with Gasteiger partial charge in [0.05, 0.1) is 5.69 Å². The van der Waals surface area contributed by atoms with Gasteiger partial charge in [-0.25, -0.2) is 14.4 Å². The molecular weight excluding hydrogens is 357 g/mol. The molecule has 0 unspecified atom stereocenters. The SMILES string of the molecule is O=C(Nc1ccc(N2CCCC2)cc1)c1ccnc(Nc2ccccc2F)n1. The zero-order valence-electron chi connectivity index (χ0n) is 15.2. The maximum absolute atomic E-state index is 13.8. The molecule has 142 valence electrons. The lowest BCUT2D eigenvalue weighted by Gasteiger charge is -2.17. The Bertz CT molecular complexity index is 971. The number of halogens is 1. The van der Waals surface area contributed by atoms with E-state index in [4.69, 9.17) is 0 Å². The Labute approximate surface area is 162 Å². The zero-order chi connectivity index (χ0) is 19.3. The monoisotopic (exact) mass is 377 g/mol. The fourth-order valence-electron chi connectivity index (χ4n) is 3.15. The van der Waals surface area contributed by atoms with E-state index in [1.807, 2.05) is 24.3 Å². The average Bonchev–Trinajstić information content (AvgIpc) is 3.25. The first-order chi connectivity index (χ1) is 13.7. The molecule has 0 atom stereocenters. The Morgan fingerprint density at radius 3 is 2.50 bits per heavy atom. The highest BCUT2D eigenvalue weighted by molar-refractivity contribution is 6.03. The quantitative estimate of drug-likeness (QED) is 0.697. The standard InChI is InChI=1S/C21H20FN5O/c22-17-5-1-2-6-18(17)25-21-23-12-11-19(26-21)20(28)24-15-7-9-16(10-8-15)27-13-3-4-14-27/h1-2,5-12H,3-4,13-14H2,(H,24,28)(H,23,25,26). The van der Waals surface area contributed by atoms with E-state index >= 15 is 0 Å². The summed E-state index contributed by atoms with van der Waals surface area (Å²) in [5, 5.41) is 5.62. The van der Waals surface area contributed by atoms with E-state index in [0.29, 0.717) is 5.69 Å². The van der Waals surface area contributed by atoms with Crippen LogP contribution in [-0.2, 0) is 0 Å². The van der Waals surface area contributed by atoms with Gasteiger partial charge in [-0.15, -0.1) is 0 Å². The molecule has 1 aliphatic rings. The van der Waals surface area contributed by atoms with E-state index in [0.717, 1.165) is 18.8 Å². The lowest BCUT2D eigenvalue weighted by molar-refractivity contribution is 0.102. The number of para-hydroxylation sites is 1. The molecule has 0 spiro atoms. The van der Waals surface area contributed by atoms with Crippen LogP contribution in [0.1, 0.15) is 23.3 Å². The maximum Gasteiger partial charge on any atom is 0.274 e. The summed E-state index contributed by atoms with van der Waals surface area (Å²) in [6.07, 6.45) is 3.90. The van der Waals surface area contributed by atoms with Crippen molar-refractivity contribution in [3.05, 3.63) is 72.3 Å². The minimum absolute atomic E-state index is 0.155. The van der Waals surface area contributed by atoms with Gasteiger partial charge in [0.25, 0.3) is 5.91 Å². The summed E-state index contributed by atoms with van der Waals surface area (Å²) < 4.78 is 13.8. The molecule has 1 aliphatic heterocycles. The number of carbonyl (C=O) groups excluding carboxylic acids is 1. The third-order valence-electron chi connectivity index (χ3n) is 4.60. The Morgan fingerprint density at radius 2 is 1.75 bits per heavy atom. The molecule has 0 bridgehead atoms. The Hall–Kier alpha value is -3.48. The van der Waals surface area contributed by atoms with Gasteiger partial charge in [-0.3, -0.25) is 4.79 Å². The van der Waals surface area contributed by atoms with Gasteiger partial charge in [0, 0.05) is 30.7 Å². The van der Waals surface area contributed by atoms with Gasteiger partial charge >= 0.3 is 0 Å². The van der Waals surface area contributed by atoms with Crippen LogP contribution in [0, 0.1) is 5.82 Å². The number of rotatable bonds is 5. The summed E-state index contributed by atoms with van der Waals surface area (Å²) in [6.45, 7) is 2.15. The molecule has 2 aromatic carbocycles. The van der Waals surface area contributed by atoms with Gasteiger partial charge in [0.2, 0.25) is 5.95 Å². The Kier molecular flexibility index (Phi) is 5.14. The topological polar surface area (TPSA) is 70.2 Å². The third-order valence-corrected chi connectivity index (χ3v) is 4.60. The summed E-state index contributed by atoms with van der Waals surface area (Å²) in [6, 6.07) is 15.5. The summed E-state index contributed by atoms with van der Waals surface area (Å²) in [5.41, 5.74) is 2.29. The van der Waals surface area contributed by atoms with E-state index in [2.05, 4.69) is 25.5 Å². The van der Waals surface area contributed by atoms with Crippen molar-refractivity contribution in [3.63, 3.8) is 0 Å². The third kappa shape index (κ3) is 4.09. The first-order valence-electron chi connectivity index (χ1n) is 9.20. The molecular formula is C21H20FN5O. The van der Waals surface area contributed by atoms with Gasteiger partial charge < -0.3 is 15.5 Å². The largest absolute Gasteiger partial charge is 0.372 e. The second-order valence-electron chi connectivity index (χ2n) is 6.57. The van der Waals surface area contributed by atoms with Crippen molar-refractivity contribution in [1.82, 2.24) is 9.97 Å². The highest BCUT2D eigenvalue weighted by Crippen LogP contribution is 2.22. The predicted molar refractivity (Wildman–Crippen MR) is 108 cm³/mol.